The van der Waals surface area contributed by atoms with Gasteiger partial charge in [-0.25, -0.2) is 0 Å². The standard InChI is InChI=1S/C10H18O3S/c1-7(2)5-14-6-9(11)8(3)10(12)13-4/h7-8H,5-6H2,1-4H3. The Morgan fingerprint density at radius 2 is 1.86 bits per heavy atom. The fourth-order valence-corrected chi connectivity index (χ4v) is 1.87. The first-order chi connectivity index (χ1) is 6.49. The van der Waals surface area contributed by atoms with Gasteiger partial charge in [0.25, 0.3) is 0 Å². The number of rotatable bonds is 6. The van der Waals surface area contributed by atoms with Crippen LogP contribution < -0.4 is 0 Å². The highest BCUT2D eigenvalue weighted by atomic mass is 32.2. The van der Waals surface area contributed by atoms with E-state index in [9.17, 15) is 9.59 Å². The molecule has 0 bridgehead atoms. The van der Waals surface area contributed by atoms with Crippen LogP contribution in [-0.2, 0) is 14.3 Å². The maximum Gasteiger partial charge on any atom is 0.315 e. The second kappa shape index (κ2) is 6.87. The van der Waals surface area contributed by atoms with E-state index in [-0.39, 0.29) is 5.78 Å². The smallest absolute Gasteiger partial charge is 0.315 e. The molecule has 4 heteroatoms. The van der Waals surface area contributed by atoms with Gasteiger partial charge >= 0.3 is 5.97 Å². The Labute approximate surface area is 89.6 Å². The number of ether oxygens (including phenoxy) is 1. The lowest BCUT2D eigenvalue weighted by Crippen LogP contribution is -2.24. The van der Waals surface area contributed by atoms with Crippen molar-refractivity contribution in [3.63, 3.8) is 0 Å². The van der Waals surface area contributed by atoms with Crippen molar-refractivity contribution in [1.29, 1.82) is 0 Å². The van der Waals surface area contributed by atoms with Gasteiger partial charge in [0.15, 0.2) is 5.78 Å². The first kappa shape index (κ1) is 13.5. The van der Waals surface area contributed by atoms with Crippen LogP contribution in [0.2, 0.25) is 0 Å². The minimum atomic E-state index is -0.625. The third-order valence-corrected chi connectivity index (χ3v) is 3.12. The quantitative estimate of drug-likeness (QED) is 0.503. The number of thioether (sulfide) groups is 1. The lowest BCUT2D eigenvalue weighted by molar-refractivity contribution is -0.147. The number of esters is 1. The molecule has 1 unspecified atom stereocenters. The average Bonchev–Trinajstić information content (AvgIpc) is 2.14. The second-order valence-electron chi connectivity index (χ2n) is 3.62. The van der Waals surface area contributed by atoms with Crippen LogP contribution in [0, 0.1) is 11.8 Å². The number of carbonyl (C=O) groups excluding carboxylic acids is 2. The minimum absolute atomic E-state index is 0.0532. The molecule has 0 aliphatic heterocycles. The Bertz CT molecular complexity index is 202. The minimum Gasteiger partial charge on any atom is -0.468 e. The van der Waals surface area contributed by atoms with Gasteiger partial charge in [-0.15, -0.1) is 0 Å². The SMILES string of the molecule is COC(=O)C(C)C(=O)CSCC(C)C. The second-order valence-corrected chi connectivity index (χ2v) is 4.65. The monoisotopic (exact) mass is 218 g/mol. The summed E-state index contributed by atoms with van der Waals surface area (Å²) in [6, 6.07) is 0. The highest BCUT2D eigenvalue weighted by Crippen LogP contribution is 2.10. The molecular weight excluding hydrogens is 200 g/mol. The highest BCUT2D eigenvalue weighted by Gasteiger charge is 2.21. The molecule has 0 spiro atoms. The van der Waals surface area contributed by atoms with Crippen LogP contribution >= 0.6 is 11.8 Å². The van der Waals surface area contributed by atoms with E-state index >= 15 is 0 Å². The number of ketones is 1. The van der Waals surface area contributed by atoms with Gasteiger partial charge in [0.1, 0.15) is 5.92 Å². The van der Waals surface area contributed by atoms with Gasteiger partial charge in [0, 0.05) is 0 Å². The molecule has 0 aliphatic rings. The third kappa shape index (κ3) is 5.27. The molecular formula is C10H18O3S. The Hall–Kier alpha value is -0.510. The number of methoxy groups -OCH3 is 1. The van der Waals surface area contributed by atoms with Gasteiger partial charge in [0.2, 0.25) is 0 Å². The lowest BCUT2D eigenvalue weighted by Gasteiger charge is -2.08. The summed E-state index contributed by atoms with van der Waals surface area (Å²) in [7, 11) is 1.30. The zero-order valence-corrected chi connectivity index (χ0v) is 10.0. The summed E-state index contributed by atoms with van der Waals surface area (Å²) in [6.07, 6.45) is 0. The van der Waals surface area contributed by atoms with Crippen molar-refractivity contribution in [2.75, 3.05) is 18.6 Å². The predicted molar refractivity (Wildman–Crippen MR) is 58.4 cm³/mol. The molecule has 0 heterocycles. The van der Waals surface area contributed by atoms with E-state index in [4.69, 9.17) is 0 Å². The number of Topliss-reactive ketones (excluding diaryl/α,β-unsaturated/α-hetero) is 1. The molecule has 0 saturated heterocycles. The average molecular weight is 218 g/mol. The molecule has 1 atom stereocenters. The van der Waals surface area contributed by atoms with Crippen molar-refractivity contribution in [3.8, 4) is 0 Å². The van der Waals surface area contributed by atoms with Gasteiger partial charge in [-0.1, -0.05) is 13.8 Å². The molecule has 0 amide bonds. The summed E-state index contributed by atoms with van der Waals surface area (Å²) in [5, 5.41) is 0. The Morgan fingerprint density at radius 1 is 1.29 bits per heavy atom. The van der Waals surface area contributed by atoms with Gasteiger partial charge in [-0.2, -0.15) is 11.8 Å². The van der Waals surface area contributed by atoms with Gasteiger partial charge in [0.05, 0.1) is 12.9 Å². The van der Waals surface area contributed by atoms with Crippen molar-refractivity contribution in [2.24, 2.45) is 11.8 Å². The highest BCUT2D eigenvalue weighted by molar-refractivity contribution is 7.99. The zero-order valence-electron chi connectivity index (χ0n) is 9.20. The molecule has 3 nitrogen and oxygen atoms in total. The largest absolute Gasteiger partial charge is 0.468 e. The zero-order chi connectivity index (χ0) is 11.1. The Kier molecular flexibility index (Phi) is 6.62. The maximum absolute atomic E-state index is 11.4. The van der Waals surface area contributed by atoms with Gasteiger partial charge < -0.3 is 4.74 Å². The maximum atomic E-state index is 11.4. The first-order valence-electron chi connectivity index (χ1n) is 4.67. The molecule has 0 aromatic heterocycles. The third-order valence-electron chi connectivity index (χ3n) is 1.73. The van der Waals surface area contributed by atoms with Crippen LogP contribution in [0.15, 0.2) is 0 Å². The molecule has 14 heavy (non-hydrogen) atoms. The lowest BCUT2D eigenvalue weighted by atomic mass is 10.1. The molecule has 0 rings (SSSR count). The van der Waals surface area contributed by atoms with Crippen molar-refractivity contribution in [3.05, 3.63) is 0 Å². The number of hydrogen-bond acceptors (Lipinski definition) is 4. The van der Waals surface area contributed by atoms with Crippen molar-refractivity contribution < 1.29 is 14.3 Å². The summed E-state index contributed by atoms with van der Waals surface area (Å²) >= 11 is 1.57. The molecule has 0 aromatic carbocycles. The number of hydrogen-bond donors (Lipinski definition) is 0. The van der Waals surface area contributed by atoms with E-state index in [1.54, 1.807) is 18.7 Å². The molecule has 82 valence electrons. The van der Waals surface area contributed by atoms with Crippen LogP contribution in [0.3, 0.4) is 0 Å². The molecule has 0 N–H and O–H groups in total. The fraction of sp³-hybridized carbons (Fsp3) is 0.800. The van der Waals surface area contributed by atoms with E-state index in [2.05, 4.69) is 18.6 Å². The van der Waals surface area contributed by atoms with Crippen molar-refractivity contribution in [2.45, 2.75) is 20.8 Å². The van der Waals surface area contributed by atoms with E-state index in [0.717, 1.165) is 5.75 Å². The molecule has 0 saturated carbocycles. The predicted octanol–water partition coefficient (Wildman–Crippen LogP) is 1.75. The summed E-state index contributed by atoms with van der Waals surface area (Å²) in [4.78, 5) is 22.4. The number of carbonyl (C=O) groups is 2. The van der Waals surface area contributed by atoms with Gasteiger partial charge in [-0.05, 0) is 18.6 Å². The summed E-state index contributed by atoms with van der Waals surface area (Å²) in [5.41, 5.74) is 0. The molecule has 0 aliphatic carbocycles. The summed E-state index contributed by atoms with van der Waals surface area (Å²) in [6.45, 7) is 5.78. The van der Waals surface area contributed by atoms with Crippen molar-refractivity contribution >= 4 is 23.5 Å². The first-order valence-corrected chi connectivity index (χ1v) is 5.82. The van der Waals surface area contributed by atoms with Crippen LogP contribution in [-0.4, -0.2) is 30.4 Å². The normalized spacial score (nSPS) is 12.6. The van der Waals surface area contributed by atoms with Crippen LogP contribution in [0.25, 0.3) is 0 Å². The Balaban J connectivity index is 3.79. The fourth-order valence-electron chi connectivity index (χ4n) is 0.828. The van der Waals surface area contributed by atoms with Gasteiger partial charge in [-0.3, -0.25) is 9.59 Å². The molecule has 0 aromatic rings. The summed E-state index contributed by atoms with van der Waals surface area (Å²) < 4.78 is 4.49. The van der Waals surface area contributed by atoms with Crippen molar-refractivity contribution in [1.82, 2.24) is 0 Å². The topological polar surface area (TPSA) is 43.4 Å². The van der Waals surface area contributed by atoms with E-state index in [1.165, 1.54) is 7.11 Å². The Morgan fingerprint density at radius 3 is 2.29 bits per heavy atom. The molecule has 0 radical (unpaired) electrons. The van der Waals surface area contributed by atoms with Crippen LogP contribution in [0.4, 0.5) is 0 Å². The van der Waals surface area contributed by atoms with E-state index in [0.29, 0.717) is 11.7 Å². The van der Waals surface area contributed by atoms with Crippen LogP contribution in [0.1, 0.15) is 20.8 Å². The summed E-state index contributed by atoms with van der Waals surface area (Å²) in [5.74, 6) is 0.789. The van der Waals surface area contributed by atoms with Crippen LogP contribution in [0.5, 0.6) is 0 Å². The molecule has 0 fully saturated rings. The van der Waals surface area contributed by atoms with E-state index < -0.39 is 11.9 Å². The van der Waals surface area contributed by atoms with E-state index in [1.807, 2.05) is 0 Å².